The van der Waals surface area contributed by atoms with Crippen molar-refractivity contribution in [2.24, 2.45) is 11.1 Å². The van der Waals surface area contributed by atoms with Crippen molar-refractivity contribution in [3.05, 3.63) is 0 Å². The van der Waals surface area contributed by atoms with Crippen molar-refractivity contribution in [1.82, 2.24) is 5.32 Å². The SMILES string of the molecule is CC(C)(C)C(=O)OCOC(=O)NCP(=O)(O)OCC(=O)O.CC(C)N. The summed E-state index contributed by atoms with van der Waals surface area (Å²) in [6.07, 6.45) is -1.96. The second-order valence-corrected chi connectivity index (χ2v) is 7.96. The fourth-order valence-corrected chi connectivity index (χ4v) is 1.50. The van der Waals surface area contributed by atoms with Crippen LogP contribution in [0.1, 0.15) is 34.6 Å². The number of hydrogen-bond acceptors (Lipinski definition) is 8. The number of carbonyl (C=O) groups is 3. The molecular formula is C13H27N2O9P. The Morgan fingerprint density at radius 1 is 1.20 bits per heavy atom. The van der Waals surface area contributed by atoms with E-state index in [0.29, 0.717) is 6.04 Å². The van der Waals surface area contributed by atoms with E-state index in [9.17, 15) is 18.9 Å². The van der Waals surface area contributed by atoms with Crippen molar-refractivity contribution in [3.63, 3.8) is 0 Å². The van der Waals surface area contributed by atoms with E-state index >= 15 is 0 Å². The van der Waals surface area contributed by atoms with Gasteiger partial charge in [0.1, 0.15) is 6.29 Å². The fourth-order valence-electron chi connectivity index (χ4n) is 0.770. The number of carboxylic acids is 1. The van der Waals surface area contributed by atoms with Gasteiger partial charge < -0.3 is 30.5 Å². The topological polar surface area (TPSA) is 174 Å². The van der Waals surface area contributed by atoms with Crippen LogP contribution in [-0.4, -0.2) is 53.8 Å². The third kappa shape index (κ3) is 18.5. The number of ether oxygens (including phenoxy) is 2. The number of hydrogen-bond donors (Lipinski definition) is 4. The van der Waals surface area contributed by atoms with Gasteiger partial charge in [-0.3, -0.25) is 13.9 Å². The number of esters is 1. The van der Waals surface area contributed by atoms with Crippen molar-refractivity contribution in [1.29, 1.82) is 0 Å². The zero-order chi connectivity index (χ0) is 20.3. The summed E-state index contributed by atoms with van der Waals surface area (Å²) in [5.74, 6) is -2.02. The van der Waals surface area contributed by atoms with Crippen molar-refractivity contribution in [3.8, 4) is 0 Å². The van der Waals surface area contributed by atoms with Crippen LogP contribution >= 0.6 is 7.60 Å². The molecular weight excluding hydrogens is 359 g/mol. The van der Waals surface area contributed by atoms with Gasteiger partial charge >= 0.3 is 25.6 Å². The summed E-state index contributed by atoms with van der Waals surface area (Å²) in [5, 5.41) is 10.1. The van der Waals surface area contributed by atoms with E-state index < -0.39 is 50.7 Å². The number of aliphatic carboxylic acids is 1. The van der Waals surface area contributed by atoms with E-state index in [-0.39, 0.29) is 0 Å². The van der Waals surface area contributed by atoms with Crippen LogP contribution in [0.15, 0.2) is 0 Å². The third-order valence-electron chi connectivity index (χ3n) is 1.81. The van der Waals surface area contributed by atoms with E-state index in [1.807, 2.05) is 19.2 Å². The van der Waals surface area contributed by atoms with Gasteiger partial charge in [0.15, 0.2) is 6.61 Å². The molecule has 0 aliphatic rings. The van der Waals surface area contributed by atoms with E-state index in [1.165, 1.54) is 0 Å². The molecule has 0 aromatic carbocycles. The number of rotatable bonds is 7. The molecule has 148 valence electrons. The quantitative estimate of drug-likeness (QED) is 0.279. The molecule has 0 heterocycles. The van der Waals surface area contributed by atoms with E-state index in [1.54, 1.807) is 20.8 Å². The van der Waals surface area contributed by atoms with E-state index in [4.69, 9.17) is 15.7 Å². The molecule has 25 heavy (non-hydrogen) atoms. The molecule has 5 N–H and O–H groups in total. The number of nitrogens with one attached hydrogen (secondary N) is 1. The lowest BCUT2D eigenvalue weighted by atomic mass is 9.98. The summed E-state index contributed by atoms with van der Waals surface area (Å²) in [4.78, 5) is 41.7. The lowest BCUT2D eigenvalue weighted by Gasteiger charge is -2.16. The lowest BCUT2D eigenvalue weighted by molar-refractivity contribution is -0.161. The van der Waals surface area contributed by atoms with Crippen LogP contribution in [0.25, 0.3) is 0 Å². The zero-order valence-corrected chi connectivity index (χ0v) is 15.9. The van der Waals surface area contributed by atoms with Crippen LogP contribution in [0.5, 0.6) is 0 Å². The Kier molecular flexibility index (Phi) is 12.1. The van der Waals surface area contributed by atoms with Gasteiger partial charge in [-0.15, -0.1) is 0 Å². The molecule has 0 aliphatic heterocycles. The van der Waals surface area contributed by atoms with Gasteiger partial charge in [-0.2, -0.15) is 0 Å². The van der Waals surface area contributed by atoms with Crippen LogP contribution < -0.4 is 11.1 Å². The molecule has 1 atom stereocenters. The van der Waals surface area contributed by atoms with Gasteiger partial charge in [0.05, 0.1) is 5.41 Å². The first-order valence-electron chi connectivity index (χ1n) is 7.19. The summed E-state index contributed by atoms with van der Waals surface area (Å²) < 4.78 is 24.5. The first-order chi connectivity index (χ1) is 11.2. The summed E-state index contributed by atoms with van der Waals surface area (Å²) in [5.41, 5.74) is 4.35. The van der Waals surface area contributed by atoms with Crippen molar-refractivity contribution < 1.29 is 42.9 Å². The third-order valence-corrected chi connectivity index (χ3v) is 2.90. The molecule has 0 radical (unpaired) electrons. The Morgan fingerprint density at radius 2 is 1.68 bits per heavy atom. The predicted octanol–water partition coefficient (Wildman–Crippen LogP) is 0.857. The van der Waals surface area contributed by atoms with Gasteiger partial charge in [0.25, 0.3) is 0 Å². The van der Waals surface area contributed by atoms with Crippen LogP contribution in [0, 0.1) is 5.41 Å². The molecule has 1 unspecified atom stereocenters. The second kappa shape index (κ2) is 11.8. The molecule has 1 amide bonds. The maximum absolute atomic E-state index is 11.3. The normalized spacial score (nSPS) is 13.1. The summed E-state index contributed by atoms with van der Waals surface area (Å²) >= 11 is 0. The van der Waals surface area contributed by atoms with Gasteiger partial charge in [-0.25, -0.2) is 9.59 Å². The van der Waals surface area contributed by atoms with Crippen LogP contribution in [0.4, 0.5) is 4.79 Å². The average molecular weight is 386 g/mol. The van der Waals surface area contributed by atoms with Crippen molar-refractivity contribution in [2.75, 3.05) is 19.7 Å². The molecule has 0 aromatic heterocycles. The highest BCUT2D eigenvalue weighted by atomic mass is 31.2. The largest absolute Gasteiger partial charge is 0.480 e. The molecule has 0 saturated carbocycles. The lowest BCUT2D eigenvalue weighted by Crippen LogP contribution is -2.29. The Balaban J connectivity index is 0. The predicted molar refractivity (Wildman–Crippen MR) is 87.6 cm³/mol. The Hall–Kier alpha value is -1.68. The van der Waals surface area contributed by atoms with Crippen molar-refractivity contribution in [2.45, 2.75) is 40.7 Å². The maximum atomic E-state index is 11.3. The van der Waals surface area contributed by atoms with Gasteiger partial charge in [-0.1, -0.05) is 13.8 Å². The van der Waals surface area contributed by atoms with E-state index in [2.05, 4.69) is 14.0 Å². The highest BCUT2D eigenvalue weighted by molar-refractivity contribution is 7.52. The standard InChI is InChI=1S/C10H18NO9P.C3H9N/c1-10(2,3)8(14)18-6-19-9(15)11-5-21(16,17)20-4-7(12)13;1-3(2)4/h4-6H2,1-3H3,(H,11,15)(H,12,13)(H,16,17);3H,4H2,1-2H3. The Morgan fingerprint density at radius 3 is 2.08 bits per heavy atom. The van der Waals surface area contributed by atoms with Gasteiger partial charge in [0, 0.05) is 0 Å². The first kappa shape index (κ1) is 25.6. The summed E-state index contributed by atoms with van der Waals surface area (Å²) in [6.45, 7) is 7.08. The van der Waals surface area contributed by atoms with Crippen LogP contribution in [0.2, 0.25) is 0 Å². The van der Waals surface area contributed by atoms with Crippen LogP contribution in [0.3, 0.4) is 0 Å². The molecule has 0 fully saturated rings. The molecule has 11 nitrogen and oxygen atoms in total. The van der Waals surface area contributed by atoms with Gasteiger partial charge in [-0.05, 0) is 26.8 Å². The smallest absolute Gasteiger partial charge is 0.410 e. The maximum Gasteiger partial charge on any atom is 0.410 e. The van der Waals surface area contributed by atoms with Crippen molar-refractivity contribution >= 4 is 25.6 Å². The minimum absolute atomic E-state index is 0.333. The first-order valence-corrected chi connectivity index (χ1v) is 8.95. The molecule has 0 aliphatic carbocycles. The molecule has 0 aromatic rings. The number of nitrogens with two attached hydrogens (primary N) is 1. The number of carbonyl (C=O) groups excluding carboxylic acids is 2. The van der Waals surface area contributed by atoms with Crippen LogP contribution in [-0.2, 0) is 28.2 Å². The molecule has 0 bridgehead atoms. The number of alkyl carbamates (subject to hydrolysis) is 1. The number of amides is 1. The van der Waals surface area contributed by atoms with E-state index in [0.717, 1.165) is 0 Å². The molecule has 12 heteroatoms. The number of carboxylic acid groups (broad SMARTS) is 1. The Bertz CT molecular complexity index is 486. The highest BCUT2D eigenvalue weighted by Gasteiger charge is 2.24. The minimum atomic E-state index is -4.28. The highest BCUT2D eigenvalue weighted by Crippen LogP contribution is 2.39. The molecule has 0 spiro atoms. The summed E-state index contributed by atoms with van der Waals surface area (Å²) in [7, 11) is -4.28. The average Bonchev–Trinajstić information content (AvgIpc) is 2.41. The zero-order valence-electron chi connectivity index (χ0n) is 15.0. The summed E-state index contributed by atoms with van der Waals surface area (Å²) in [6, 6.07) is 0.333. The minimum Gasteiger partial charge on any atom is -0.480 e. The Labute approximate surface area is 146 Å². The molecule has 0 rings (SSSR count). The van der Waals surface area contributed by atoms with Gasteiger partial charge in [0.2, 0.25) is 6.79 Å². The fraction of sp³-hybridized carbons (Fsp3) is 0.769. The monoisotopic (exact) mass is 386 g/mol. The molecule has 0 saturated heterocycles. The second-order valence-electron chi connectivity index (χ2n) is 6.11.